The summed E-state index contributed by atoms with van der Waals surface area (Å²) in [4.78, 5) is 0. The monoisotopic (exact) mass is 390 g/mol. The molecule has 0 saturated carbocycles. The summed E-state index contributed by atoms with van der Waals surface area (Å²) in [7, 11) is -1.97. The molecule has 0 atom stereocenters. The number of sulfonamides is 1. The first-order chi connectivity index (χ1) is 9.89. The highest BCUT2D eigenvalue weighted by Gasteiger charge is 2.22. The van der Waals surface area contributed by atoms with E-state index in [4.69, 9.17) is 10.5 Å². The molecule has 5 nitrogen and oxygen atoms in total. The number of thiophene rings is 1. The Morgan fingerprint density at radius 3 is 2.57 bits per heavy atom. The number of nitrogen functional groups attached to an aromatic ring is 1. The molecule has 2 rings (SSSR count). The van der Waals surface area contributed by atoms with Crippen LogP contribution in [0.25, 0.3) is 0 Å². The van der Waals surface area contributed by atoms with Gasteiger partial charge in [0, 0.05) is 29.1 Å². The Morgan fingerprint density at radius 2 is 2.00 bits per heavy atom. The summed E-state index contributed by atoms with van der Waals surface area (Å²) in [5, 5.41) is 1.61. The lowest BCUT2D eigenvalue weighted by Crippen LogP contribution is -2.30. The largest absolute Gasteiger partial charge is 0.492 e. The molecule has 21 heavy (non-hydrogen) atoms. The maximum atomic E-state index is 12.3. The second-order valence-electron chi connectivity index (χ2n) is 4.33. The second-order valence-corrected chi connectivity index (χ2v) is 8.43. The van der Waals surface area contributed by atoms with Crippen LogP contribution in [0, 0.1) is 0 Å². The zero-order valence-electron chi connectivity index (χ0n) is 11.3. The van der Waals surface area contributed by atoms with E-state index in [9.17, 15) is 8.42 Å². The van der Waals surface area contributed by atoms with Crippen LogP contribution in [0.4, 0.5) is 5.69 Å². The molecule has 0 bridgehead atoms. The van der Waals surface area contributed by atoms with Gasteiger partial charge in [0.15, 0.2) is 0 Å². The summed E-state index contributed by atoms with van der Waals surface area (Å²) in [6.07, 6.45) is 0. The van der Waals surface area contributed by atoms with E-state index in [2.05, 4.69) is 15.9 Å². The van der Waals surface area contributed by atoms with Crippen LogP contribution >= 0.6 is 27.3 Å². The quantitative estimate of drug-likeness (QED) is 0.822. The molecule has 0 fully saturated rings. The van der Waals surface area contributed by atoms with Crippen molar-refractivity contribution in [2.24, 2.45) is 0 Å². The minimum absolute atomic E-state index is 0.242. The Hall–Kier alpha value is -1.09. The molecule has 0 amide bonds. The smallest absolute Gasteiger partial charge is 0.252 e. The van der Waals surface area contributed by atoms with Gasteiger partial charge in [-0.2, -0.15) is 4.31 Å². The van der Waals surface area contributed by atoms with E-state index >= 15 is 0 Å². The Kier molecular flexibility index (Phi) is 5.26. The Labute approximate surface area is 136 Å². The molecule has 8 heteroatoms. The van der Waals surface area contributed by atoms with E-state index in [1.165, 1.54) is 17.4 Å². The molecule has 0 aliphatic heterocycles. The summed E-state index contributed by atoms with van der Waals surface area (Å²) in [5.74, 6) is 0.698. The molecule has 1 aromatic heterocycles. The third-order valence-corrected chi connectivity index (χ3v) is 6.57. The number of halogens is 1. The zero-order chi connectivity index (χ0) is 15.5. The number of nitrogens with two attached hydrogens (primary N) is 1. The van der Waals surface area contributed by atoms with Crippen molar-refractivity contribution < 1.29 is 13.2 Å². The Balaban J connectivity index is 1.92. The first-order valence-electron chi connectivity index (χ1n) is 6.08. The first-order valence-corrected chi connectivity index (χ1v) is 9.19. The van der Waals surface area contributed by atoms with Gasteiger partial charge in [0.05, 0.1) is 0 Å². The van der Waals surface area contributed by atoms with Crippen LogP contribution in [0.2, 0.25) is 0 Å². The van der Waals surface area contributed by atoms with Crippen LogP contribution in [-0.2, 0) is 10.0 Å². The number of likely N-dealkylation sites (N-methyl/N-ethyl adjacent to an activating group) is 1. The fourth-order valence-corrected chi connectivity index (χ4v) is 4.27. The maximum absolute atomic E-state index is 12.3. The van der Waals surface area contributed by atoms with Gasteiger partial charge in [-0.05, 0) is 30.3 Å². The maximum Gasteiger partial charge on any atom is 0.252 e. The van der Waals surface area contributed by atoms with Crippen molar-refractivity contribution in [2.45, 2.75) is 4.21 Å². The molecule has 0 saturated heterocycles. The first kappa shape index (κ1) is 16.3. The fraction of sp³-hybridized carbons (Fsp3) is 0.231. The van der Waals surface area contributed by atoms with Crippen molar-refractivity contribution >= 4 is 43.0 Å². The third-order valence-electron chi connectivity index (χ3n) is 2.75. The lowest BCUT2D eigenvalue weighted by Gasteiger charge is -2.16. The summed E-state index contributed by atoms with van der Waals surface area (Å²) < 4.78 is 32.5. The van der Waals surface area contributed by atoms with E-state index < -0.39 is 10.0 Å². The molecule has 0 aliphatic carbocycles. The lowest BCUT2D eigenvalue weighted by molar-refractivity contribution is 0.287. The molecular formula is C13H15BrN2O3S2. The van der Waals surface area contributed by atoms with E-state index in [0.717, 1.165) is 15.8 Å². The van der Waals surface area contributed by atoms with Gasteiger partial charge in [0.2, 0.25) is 0 Å². The van der Waals surface area contributed by atoms with Crippen molar-refractivity contribution in [3.63, 3.8) is 0 Å². The fourth-order valence-electron chi connectivity index (χ4n) is 1.56. The molecule has 1 heterocycles. The number of anilines is 1. The number of benzene rings is 1. The van der Waals surface area contributed by atoms with Crippen molar-refractivity contribution in [2.75, 3.05) is 25.9 Å². The standard InChI is InChI=1S/C13H15BrN2O3S2/c1-16(21(17,18)13-8-11(15)9-20-13)6-7-19-12-4-2-10(14)3-5-12/h2-5,8-9H,6-7,15H2,1H3. The number of hydrogen-bond acceptors (Lipinski definition) is 5. The zero-order valence-corrected chi connectivity index (χ0v) is 14.5. The molecule has 0 spiro atoms. The topological polar surface area (TPSA) is 72.6 Å². The van der Waals surface area contributed by atoms with Crippen LogP contribution in [-0.4, -0.2) is 32.9 Å². The van der Waals surface area contributed by atoms with Crippen LogP contribution in [0.5, 0.6) is 5.75 Å². The number of rotatable bonds is 6. The molecule has 0 aliphatic rings. The van der Waals surface area contributed by atoms with Crippen molar-refractivity contribution in [1.82, 2.24) is 4.31 Å². The van der Waals surface area contributed by atoms with Gasteiger partial charge < -0.3 is 10.5 Å². The van der Waals surface area contributed by atoms with Crippen LogP contribution in [0.1, 0.15) is 0 Å². The van der Waals surface area contributed by atoms with Crippen molar-refractivity contribution in [1.29, 1.82) is 0 Å². The minimum Gasteiger partial charge on any atom is -0.492 e. The van der Waals surface area contributed by atoms with Gasteiger partial charge in [0.1, 0.15) is 16.6 Å². The van der Waals surface area contributed by atoms with Crippen LogP contribution in [0.3, 0.4) is 0 Å². The molecule has 1 aromatic carbocycles. The molecular weight excluding hydrogens is 376 g/mol. The Bertz CT molecular complexity index is 698. The van der Waals surface area contributed by atoms with Gasteiger partial charge in [-0.3, -0.25) is 0 Å². The summed E-state index contributed by atoms with van der Waals surface area (Å²) >= 11 is 4.45. The molecule has 0 radical (unpaired) electrons. The summed E-state index contributed by atoms with van der Waals surface area (Å²) in [6.45, 7) is 0.536. The highest BCUT2D eigenvalue weighted by atomic mass is 79.9. The van der Waals surface area contributed by atoms with Gasteiger partial charge in [-0.1, -0.05) is 15.9 Å². The van der Waals surface area contributed by atoms with E-state index in [0.29, 0.717) is 11.4 Å². The highest BCUT2D eigenvalue weighted by molar-refractivity contribution is 9.10. The second kappa shape index (κ2) is 6.78. The van der Waals surface area contributed by atoms with Gasteiger partial charge in [0.25, 0.3) is 10.0 Å². The van der Waals surface area contributed by atoms with Gasteiger partial charge in [-0.25, -0.2) is 8.42 Å². The number of nitrogens with zero attached hydrogens (tertiary/aromatic N) is 1. The predicted molar refractivity (Wildman–Crippen MR) is 88.2 cm³/mol. The molecule has 2 N–H and O–H groups in total. The molecule has 0 unspecified atom stereocenters. The predicted octanol–water partition coefficient (Wildman–Crippen LogP) is 2.79. The number of hydrogen-bond donors (Lipinski definition) is 1. The lowest BCUT2D eigenvalue weighted by atomic mass is 10.3. The number of ether oxygens (including phenoxy) is 1. The minimum atomic E-state index is -3.49. The van der Waals surface area contributed by atoms with E-state index in [1.54, 1.807) is 5.38 Å². The van der Waals surface area contributed by atoms with Crippen LogP contribution in [0.15, 0.2) is 44.4 Å². The summed E-state index contributed by atoms with van der Waals surface area (Å²) in [6, 6.07) is 8.83. The van der Waals surface area contributed by atoms with Crippen molar-refractivity contribution in [3.05, 3.63) is 40.2 Å². The normalized spacial score (nSPS) is 11.8. The Morgan fingerprint density at radius 1 is 1.33 bits per heavy atom. The third kappa shape index (κ3) is 4.19. The SMILES string of the molecule is CN(CCOc1ccc(Br)cc1)S(=O)(=O)c1cc(N)cs1. The average Bonchev–Trinajstić information content (AvgIpc) is 2.88. The highest BCUT2D eigenvalue weighted by Crippen LogP contribution is 2.24. The van der Waals surface area contributed by atoms with Crippen LogP contribution < -0.4 is 10.5 Å². The molecule has 2 aromatic rings. The molecule has 114 valence electrons. The van der Waals surface area contributed by atoms with E-state index in [1.807, 2.05) is 24.3 Å². The van der Waals surface area contributed by atoms with Gasteiger partial charge >= 0.3 is 0 Å². The van der Waals surface area contributed by atoms with Gasteiger partial charge in [-0.15, -0.1) is 11.3 Å². The van der Waals surface area contributed by atoms with Crippen molar-refractivity contribution in [3.8, 4) is 5.75 Å². The summed E-state index contributed by atoms with van der Waals surface area (Å²) in [5.41, 5.74) is 6.02. The van der Waals surface area contributed by atoms with E-state index in [-0.39, 0.29) is 17.4 Å². The average molecular weight is 391 g/mol.